The summed E-state index contributed by atoms with van der Waals surface area (Å²) >= 11 is 5.79. The second-order valence-electron chi connectivity index (χ2n) is 4.77. The van der Waals surface area contributed by atoms with Gasteiger partial charge in [0.15, 0.2) is 0 Å². The van der Waals surface area contributed by atoms with Gasteiger partial charge >= 0.3 is 0 Å². The predicted molar refractivity (Wildman–Crippen MR) is 75.1 cm³/mol. The molecule has 104 valence electrons. The van der Waals surface area contributed by atoms with Gasteiger partial charge in [-0.2, -0.15) is 4.98 Å². The number of hydrogen-bond donors (Lipinski definition) is 2. The third kappa shape index (κ3) is 3.13. The van der Waals surface area contributed by atoms with Crippen LogP contribution < -0.4 is 10.5 Å². The molecule has 0 radical (unpaired) electrons. The van der Waals surface area contributed by atoms with Crippen LogP contribution in [0.3, 0.4) is 0 Å². The summed E-state index contributed by atoms with van der Waals surface area (Å²) in [6.45, 7) is 3.22. The zero-order valence-electron chi connectivity index (χ0n) is 11.1. The average Bonchev–Trinajstić information content (AvgIpc) is 2.70. The Balaban J connectivity index is 2.17. The van der Waals surface area contributed by atoms with Gasteiger partial charge in [-0.3, -0.25) is 0 Å². The van der Waals surface area contributed by atoms with Gasteiger partial charge < -0.3 is 20.8 Å². The molecule has 0 amide bonds. The van der Waals surface area contributed by atoms with E-state index in [2.05, 4.69) is 21.9 Å². The molecule has 19 heavy (non-hydrogen) atoms. The predicted octanol–water partition coefficient (Wildman–Crippen LogP) is 1.57. The molecule has 7 heteroatoms. The van der Waals surface area contributed by atoms with Crippen LogP contribution in [0, 0.1) is 5.41 Å². The summed E-state index contributed by atoms with van der Waals surface area (Å²) in [4.78, 5) is 10.1. The largest absolute Gasteiger partial charge is 0.475 e. The highest BCUT2D eigenvalue weighted by molar-refractivity contribution is 6.28. The number of nitrogens with zero attached hydrogens (tertiary/aromatic N) is 3. The lowest BCUT2D eigenvalue weighted by Gasteiger charge is -2.20. The third-order valence-electron chi connectivity index (χ3n) is 3.34. The molecule has 0 aromatic carbocycles. The van der Waals surface area contributed by atoms with E-state index in [4.69, 9.17) is 27.5 Å². The Morgan fingerprint density at radius 2 is 2.32 bits per heavy atom. The molecule has 0 aliphatic carbocycles. The molecule has 2 heterocycles. The SMILES string of the molecule is CC(=N)c1c(N)nc(Cl)nc1OC[C@@H]1CCCN1C. The first-order chi connectivity index (χ1) is 8.99. The van der Waals surface area contributed by atoms with Crippen LogP contribution in [-0.4, -0.2) is 46.8 Å². The van der Waals surface area contributed by atoms with Gasteiger partial charge in [0.1, 0.15) is 12.4 Å². The van der Waals surface area contributed by atoms with Crippen LogP contribution in [0.1, 0.15) is 25.3 Å². The molecule has 1 saturated heterocycles. The molecule has 0 bridgehead atoms. The lowest BCUT2D eigenvalue weighted by molar-refractivity contribution is 0.193. The van der Waals surface area contributed by atoms with Gasteiger partial charge in [0, 0.05) is 11.8 Å². The van der Waals surface area contributed by atoms with Crippen LogP contribution >= 0.6 is 11.6 Å². The number of likely N-dealkylation sites (N-methyl/N-ethyl adjacent to an activating group) is 1. The summed E-state index contributed by atoms with van der Waals surface area (Å²) in [6, 6.07) is 0.369. The van der Waals surface area contributed by atoms with Gasteiger partial charge in [-0.1, -0.05) is 0 Å². The van der Waals surface area contributed by atoms with E-state index in [0.717, 1.165) is 13.0 Å². The fraction of sp³-hybridized carbons (Fsp3) is 0.583. The van der Waals surface area contributed by atoms with Crippen LogP contribution in [0.2, 0.25) is 5.28 Å². The van der Waals surface area contributed by atoms with Gasteiger partial charge in [0.05, 0.1) is 5.56 Å². The van der Waals surface area contributed by atoms with E-state index in [1.54, 1.807) is 6.92 Å². The molecule has 3 N–H and O–H groups in total. The number of halogens is 1. The van der Waals surface area contributed by atoms with E-state index in [1.807, 2.05) is 0 Å². The van der Waals surface area contributed by atoms with E-state index in [9.17, 15) is 0 Å². The molecular weight excluding hydrogens is 266 g/mol. The van der Waals surface area contributed by atoms with Crippen molar-refractivity contribution in [1.82, 2.24) is 14.9 Å². The Kier molecular flexibility index (Phi) is 4.21. The third-order valence-corrected chi connectivity index (χ3v) is 3.50. The molecular formula is C12H18ClN5O. The molecule has 1 atom stereocenters. The van der Waals surface area contributed by atoms with Gasteiger partial charge in [0.2, 0.25) is 11.2 Å². The molecule has 6 nitrogen and oxygen atoms in total. The second kappa shape index (κ2) is 5.71. The zero-order chi connectivity index (χ0) is 14.0. The molecule has 2 rings (SSSR count). The highest BCUT2D eigenvalue weighted by Crippen LogP contribution is 2.24. The monoisotopic (exact) mass is 283 g/mol. The number of likely N-dealkylation sites (tertiary alicyclic amines) is 1. The molecule has 0 unspecified atom stereocenters. The number of nitrogens with one attached hydrogen (secondary N) is 1. The number of nitrogen functional groups attached to an aromatic ring is 1. The lowest BCUT2D eigenvalue weighted by atomic mass is 10.2. The first kappa shape index (κ1) is 14.0. The van der Waals surface area contributed by atoms with Crippen LogP contribution in [0.4, 0.5) is 5.82 Å². The van der Waals surface area contributed by atoms with Crippen molar-refractivity contribution >= 4 is 23.1 Å². The number of ether oxygens (including phenoxy) is 1. The van der Waals surface area contributed by atoms with E-state index < -0.39 is 0 Å². The highest BCUT2D eigenvalue weighted by Gasteiger charge is 2.23. The normalized spacial score (nSPS) is 19.6. The maximum absolute atomic E-state index is 7.72. The number of hydrogen-bond acceptors (Lipinski definition) is 6. The minimum absolute atomic E-state index is 0.0391. The van der Waals surface area contributed by atoms with Crippen molar-refractivity contribution in [1.29, 1.82) is 5.41 Å². The maximum Gasteiger partial charge on any atom is 0.229 e. The smallest absolute Gasteiger partial charge is 0.229 e. The van der Waals surface area contributed by atoms with Gasteiger partial charge in [-0.05, 0) is 45.0 Å². The van der Waals surface area contributed by atoms with Crippen LogP contribution in [0.15, 0.2) is 0 Å². The Morgan fingerprint density at radius 3 is 2.89 bits per heavy atom. The standard InChI is InChI=1S/C12H18ClN5O/c1-7(14)9-10(15)16-12(13)17-11(9)19-6-8-4-3-5-18(8)2/h8,14H,3-6H2,1-2H3,(H2,15,16,17)/t8-/m0/s1. The minimum Gasteiger partial charge on any atom is -0.475 e. The summed E-state index contributed by atoms with van der Waals surface area (Å²) in [5.41, 5.74) is 6.46. The molecule has 1 aliphatic heterocycles. The van der Waals surface area contributed by atoms with E-state index in [-0.39, 0.29) is 16.8 Å². The minimum atomic E-state index is 0.0391. The zero-order valence-corrected chi connectivity index (χ0v) is 11.9. The van der Waals surface area contributed by atoms with E-state index >= 15 is 0 Å². The fourth-order valence-corrected chi connectivity index (χ4v) is 2.42. The summed E-state index contributed by atoms with van der Waals surface area (Å²) < 4.78 is 5.72. The van der Waals surface area contributed by atoms with Crippen LogP contribution in [0.25, 0.3) is 0 Å². The molecule has 1 fully saturated rings. The number of aromatic nitrogens is 2. The highest BCUT2D eigenvalue weighted by atomic mass is 35.5. The summed E-state index contributed by atoms with van der Waals surface area (Å²) in [6.07, 6.45) is 2.28. The summed E-state index contributed by atoms with van der Waals surface area (Å²) in [5, 5.41) is 7.76. The number of anilines is 1. The Labute approximate surface area is 117 Å². The number of nitrogens with two attached hydrogens (primary N) is 1. The van der Waals surface area contributed by atoms with Crippen molar-refractivity contribution in [2.75, 3.05) is 25.9 Å². The maximum atomic E-state index is 7.72. The van der Waals surface area contributed by atoms with Gasteiger partial charge in [-0.15, -0.1) is 0 Å². The molecule has 0 spiro atoms. The van der Waals surface area contributed by atoms with Crippen LogP contribution in [-0.2, 0) is 0 Å². The molecule has 1 aromatic heterocycles. The van der Waals surface area contributed by atoms with Gasteiger partial charge in [-0.25, -0.2) is 4.98 Å². The Bertz CT molecular complexity index is 493. The summed E-state index contributed by atoms with van der Waals surface area (Å²) in [5.74, 6) is 0.479. The Hall–Kier alpha value is -1.40. The van der Waals surface area contributed by atoms with E-state index in [1.165, 1.54) is 6.42 Å². The van der Waals surface area contributed by atoms with Crippen molar-refractivity contribution in [3.8, 4) is 5.88 Å². The van der Waals surface area contributed by atoms with Crippen molar-refractivity contribution in [3.05, 3.63) is 10.8 Å². The number of rotatable bonds is 4. The molecule has 1 aliphatic rings. The fourth-order valence-electron chi connectivity index (χ4n) is 2.25. The Morgan fingerprint density at radius 1 is 1.58 bits per heavy atom. The van der Waals surface area contributed by atoms with Crippen molar-refractivity contribution < 1.29 is 4.74 Å². The van der Waals surface area contributed by atoms with Crippen LogP contribution in [0.5, 0.6) is 5.88 Å². The first-order valence-electron chi connectivity index (χ1n) is 6.20. The van der Waals surface area contributed by atoms with Crippen molar-refractivity contribution in [2.45, 2.75) is 25.8 Å². The summed E-state index contributed by atoms with van der Waals surface area (Å²) in [7, 11) is 2.07. The van der Waals surface area contributed by atoms with E-state index in [0.29, 0.717) is 24.1 Å². The lowest BCUT2D eigenvalue weighted by Crippen LogP contribution is -2.31. The molecule has 0 saturated carbocycles. The average molecular weight is 284 g/mol. The quantitative estimate of drug-likeness (QED) is 0.647. The van der Waals surface area contributed by atoms with Crippen molar-refractivity contribution in [2.24, 2.45) is 0 Å². The molecule has 1 aromatic rings. The van der Waals surface area contributed by atoms with Gasteiger partial charge in [0.25, 0.3) is 0 Å². The first-order valence-corrected chi connectivity index (χ1v) is 6.58. The topological polar surface area (TPSA) is 88.1 Å². The second-order valence-corrected chi connectivity index (χ2v) is 5.11. The van der Waals surface area contributed by atoms with Crippen molar-refractivity contribution in [3.63, 3.8) is 0 Å².